The van der Waals surface area contributed by atoms with Crippen molar-refractivity contribution in [3.63, 3.8) is 0 Å². The van der Waals surface area contributed by atoms with E-state index in [1.807, 2.05) is 54.6 Å². The molecule has 5 nitrogen and oxygen atoms in total. The summed E-state index contributed by atoms with van der Waals surface area (Å²) in [6, 6.07) is 18.7. The number of methoxy groups -OCH3 is 1. The zero-order chi connectivity index (χ0) is 19.5. The van der Waals surface area contributed by atoms with Crippen LogP contribution in [-0.4, -0.2) is 18.0 Å². The molecule has 2 aromatic carbocycles. The summed E-state index contributed by atoms with van der Waals surface area (Å²) in [5, 5.41) is 3.04. The van der Waals surface area contributed by atoms with Crippen LogP contribution in [0.2, 0.25) is 0 Å². The van der Waals surface area contributed by atoms with Crippen molar-refractivity contribution in [2.24, 2.45) is 0 Å². The van der Waals surface area contributed by atoms with E-state index < -0.39 is 0 Å². The van der Waals surface area contributed by atoms with Gasteiger partial charge in [0.15, 0.2) is 0 Å². The molecule has 0 aliphatic heterocycles. The summed E-state index contributed by atoms with van der Waals surface area (Å²) in [4.78, 5) is 28.3. The highest BCUT2D eigenvalue weighted by Crippen LogP contribution is 2.25. The molecule has 0 radical (unpaired) electrons. The molecule has 0 fully saturated rings. The predicted molar refractivity (Wildman–Crippen MR) is 108 cm³/mol. The number of pyridine rings is 1. The van der Waals surface area contributed by atoms with E-state index in [1.165, 1.54) is 0 Å². The number of rotatable bonds is 5. The van der Waals surface area contributed by atoms with Gasteiger partial charge in [-0.05, 0) is 54.2 Å². The summed E-state index contributed by atoms with van der Waals surface area (Å²) in [7, 11) is 1.62. The number of hydrogen-bond acceptors (Lipinski definition) is 3. The van der Waals surface area contributed by atoms with E-state index in [2.05, 4.69) is 10.3 Å². The molecular formula is C23H22N2O3. The van der Waals surface area contributed by atoms with Crippen LogP contribution in [0.3, 0.4) is 0 Å². The lowest BCUT2D eigenvalue weighted by Gasteiger charge is -2.20. The Bertz CT molecular complexity index is 1040. The summed E-state index contributed by atoms with van der Waals surface area (Å²) in [5.41, 5.74) is 3.70. The van der Waals surface area contributed by atoms with E-state index in [-0.39, 0.29) is 23.1 Å². The molecule has 1 heterocycles. The van der Waals surface area contributed by atoms with Crippen molar-refractivity contribution in [1.82, 2.24) is 10.3 Å². The third-order valence-electron chi connectivity index (χ3n) is 5.19. The first-order valence-electron chi connectivity index (χ1n) is 9.40. The van der Waals surface area contributed by atoms with Gasteiger partial charge in [-0.2, -0.15) is 0 Å². The van der Waals surface area contributed by atoms with Gasteiger partial charge < -0.3 is 15.0 Å². The largest absolute Gasteiger partial charge is 0.497 e. The van der Waals surface area contributed by atoms with Gasteiger partial charge in [-0.25, -0.2) is 0 Å². The Morgan fingerprint density at radius 3 is 2.46 bits per heavy atom. The number of hydrogen-bond donors (Lipinski definition) is 2. The fourth-order valence-electron chi connectivity index (χ4n) is 3.69. The second-order valence-electron chi connectivity index (χ2n) is 6.96. The van der Waals surface area contributed by atoms with Gasteiger partial charge in [-0.1, -0.05) is 42.5 Å². The zero-order valence-electron chi connectivity index (χ0n) is 15.7. The van der Waals surface area contributed by atoms with Crippen molar-refractivity contribution in [2.75, 3.05) is 7.11 Å². The van der Waals surface area contributed by atoms with Gasteiger partial charge in [0.25, 0.3) is 11.5 Å². The lowest BCUT2D eigenvalue weighted by Crippen LogP contribution is -2.33. The van der Waals surface area contributed by atoms with Gasteiger partial charge in [0.2, 0.25) is 0 Å². The highest BCUT2D eigenvalue weighted by Gasteiger charge is 2.22. The number of H-pyrrole nitrogens is 1. The maximum Gasteiger partial charge on any atom is 0.261 e. The fraction of sp³-hybridized carbons (Fsp3) is 0.217. The molecule has 1 unspecified atom stereocenters. The minimum Gasteiger partial charge on any atom is -0.497 e. The third kappa shape index (κ3) is 3.56. The van der Waals surface area contributed by atoms with Crippen LogP contribution in [-0.2, 0) is 12.8 Å². The molecule has 142 valence electrons. The summed E-state index contributed by atoms with van der Waals surface area (Å²) in [6.07, 6.45) is 2.77. The summed E-state index contributed by atoms with van der Waals surface area (Å²) >= 11 is 0. The van der Waals surface area contributed by atoms with Crippen molar-refractivity contribution >= 4 is 5.91 Å². The summed E-state index contributed by atoms with van der Waals surface area (Å²) in [6.45, 7) is 0. The maximum absolute atomic E-state index is 13.0. The maximum atomic E-state index is 13.0. The number of nitrogens with one attached hydrogen (secondary N) is 2. The number of aromatic nitrogens is 1. The predicted octanol–water partition coefficient (Wildman–Crippen LogP) is 3.39. The van der Waals surface area contributed by atoms with Gasteiger partial charge in [0.05, 0.1) is 13.2 Å². The van der Waals surface area contributed by atoms with Gasteiger partial charge >= 0.3 is 0 Å². The molecule has 1 atom stereocenters. The van der Waals surface area contributed by atoms with Crippen LogP contribution in [0.1, 0.15) is 45.2 Å². The highest BCUT2D eigenvalue weighted by atomic mass is 16.5. The van der Waals surface area contributed by atoms with Gasteiger partial charge in [0, 0.05) is 5.69 Å². The number of aryl methyl sites for hydroxylation is 2. The Labute approximate surface area is 163 Å². The lowest BCUT2D eigenvalue weighted by atomic mass is 9.98. The van der Waals surface area contributed by atoms with Crippen LogP contribution in [0.15, 0.2) is 65.5 Å². The van der Waals surface area contributed by atoms with Crippen LogP contribution < -0.4 is 15.6 Å². The number of aromatic amines is 1. The first-order chi connectivity index (χ1) is 13.7. The Hall–Kier alpha value is -3.34. The number of fused-ring (bicyclic) bond motifs is 1. The minimum absolute atomic E-state index is 0.162. The topological polar surface area (TPSA) is 71.2 Å². The van der Waals surface area contributed by atoms with E-state index in [0.717, 1.165) is 47.4 Å². The minimum atomic E-state index is -0.374. The molecule has 4 rings (SSSR count). The molecule has 1 aliphatic carbocycles. The quantitative estimate of drug-likeness (QED) is 0.719. The molecular weight excluding hydrogens is 352 g/mol. The lowest BCUT2D eigenvalue weighted by molar-refractivity contribution is 0.0941. The fourth-order valence-corrected chi connectivity index (χ4v) is 3.69. The first-order valence-corrected chi connectivity index (χ1v) is 9.40. The van der Waals surface area contributed by atoms with Crippen LogP contribution >= 0.6 is 0 Å². The van der Waals surface area contributed by atoms with Crippen molar-refractivity contribution in [2.45, 2.75) is 25.3 Å². The third-order valence-corrected chi connectivity index (χ3v) is 5.19. The molecule has 5 heteroatoms. The van der Waals surface area contributed by atoms with Gasteiger partial charge in [-0.3, -0.25) is 9.59 Å². The smallest absolute Gasteiger partial charge is 0.261 e. The SMILES string of the molecule is COc1ccc(C(NC(=O)c2cc3c([nH]c2=O)CCC3)c2ccccc2)cc1. The molecule has 0 bridgehead atoms. The molecule has 28 heavy (non-hydrogen) atoms. The Morgan fingerprint density at radius 2 is 1.75 bits per heavy atom. The van der Waals surface area contributed by atoms with Gasteiger partial charge in [-0.15, -0.1) is 0 Å². The van der Waals surface area contributed by atoms with Crippen LogP contribution in [0, 0.1) is 0 Å². The van der Waals surface area contributed by atoms with Crippen LogP contribution in [0.5, 0.6) is 5.75 Å². The standard InChI is InChI=1S/C23H22N2O3/c1-28-18-12-10-16(11-13-18)21(15-6-3-2-4-7-15)25-23(27)19-14-17-8-5-9-20(17)24-22(19)26/h2-4,6-7,10-14,21H,5,8-9H2,1H3,(H,24,26)(H,25,27). The van der Waals surface area contributed by atoms with Crippen LogP contribution in [0.25, 0.3) is 0 Å². The van der Waals surface area contributed by atoms with Crippen LogP contribution in [0.4, 0.5) is 0 Å². The molecule has 1 aliphatic rings. The summed E-state index contributed by atoms with van der Waals surface area (Å²) in [5.74, 6) is 0.373. The average molecular weight is 374 g/mol. The van der Waals surface area contributed by atoms with E-state index >= 15 is 0 Å². The summed E-state index contributed by atoms with van der Waals surface area (Å²) < 4.78 is 5.23. The molecule has 0 saturated carbocycles. The molecule has 1 amide bonds. The molecule has 0 saturated heterocycles. The van der Waals surface area contributed by atoms with Crippen molar-refractivity contribution in [1.29, 1.82) is 0 Å². The normalized spacial score (nSPS) is 13.6. The monoisotopic (exact) mass is 374 g/mol. The van der Waals surface area contributed by atoms with Crippen molar-refractivity contribution in [3.05, 3.63) is 99.0 Å². The second kappa shape index (κ2) is 7.72. The number of benzene rings is 2. The molecule has 1 aromatic heterocycles. The van der Waals surface area contributed by atoms with E-state index in [1.54, 1.807) is 13.2 Å². The van der Waals surface area contributed by atoms with Crippen molar-refractivity contribution < 1.29 is 9.53 Å². The Kier molecular flexibility index (Phi) is 4.98. The molecule has 3 aromatic rings. The highest BCUT2D eigenvalue weighted by molar-refractivity contribution is 5.94. The number of carbonyl (C=O) groups is 1. The number of ether oxygens (including phenoxy) is 1. The number of carbonyl (C=O) groups excluding carboxylic acids is 1. The molecule has 0 spiro atoms. The second-order valence-corrected chi connectivity index (χ2v) is 6.96. The van der Waals surface area contributed by atoms with E-state index in [9.17, 15) is 9.59 Å². The first kappa shape index (κ1) is 18.0. The average Bonchev–Trinajstić information content (AvgIpc) is 3.19. The Morgan fingerprint density at radius 1 is 1.04 bits per heavy atom. The van der Waals surface area contributed by atoms with Gasteiger partial charge in [0.1, 0.15) is 11.3 Å². The molecule has 2 N–H and O–H groups in total. The Balaban J connectivity index is 1.68. The van der Waals surface area contributed by atoms with E-state index in [0.29, 0.717) is 0 Å². The zero-order valence-corrected chi connectivity index (χ0v) is 15.7. The van der Waals surface area contributed by atoms with Crippen molar-refractivity contribution in [3.8, 4) is 5.75 Å². The van der Waals surface area contributed by atoms with E-state index in [4.69, 9.17) is 4.74 Å². The number of amides is 1.